The van der Waals surface area contributed by atoms with Crippen LogP contribution in [-0.4, -0.2) is 155 Å². The van der Waals surface area contributed by atoms with Crippen molar-refractivity contribution in [2.24, 2.45) is 0 Å². The van der Waals surface area contributed by atoms with Crippen LogP contribution in [0.15, 0.2) is 45.6 Å². The molecule has 3 saturated heterocycles. The first kappa shape index (κ1) is 37.1. The van der Waals surface area contributed by atoms with E-state index in [1.54, 1.807) is 0 Å². The zero-order valence-corrected chi connectivity index (χ0v) is 26.6. The minimum atomic E-state index is -1.99. The van der Waals surface area contributed by atoms with Gasteiger partial charge in [0.1, 0.15) is 83.2 Å². The standard InChI is InChI=1S/C32H38O19/c1-10-19(37)23(41)26(44)30(47-10)46-9-17-21(39)24(42)29(51-31-25(43)20(38)15(36)8-45-31)32(49-17)50-28-22(40)18-14(35)6-13(34)7-16(18)48-27(28)11-2-4-12(33)5-3-11/h2-7,10,15,17,19-21,23-26,29-39,41-44H,8-9H2,1H3/t10-,15+,17+,19-,20+,21+,23-,24-,25+,26-,29+,30+,31+,32-/m0/s1. The summed E-state index contributed by atoms with van der Waals surface area (Å²) < 4.78 is 39.9. The fourth-order valence-electron chi connectivity index (χ4n) is 5.97. The van der Waals surface area contributed by atoms with Crippen molar-refractivity contribution in [3.05, 3.63) is 46.6 Å². The van der Waals surface area contributed by atoms with Crippen molar-refractivity contribution < 1.29 is 89.0 Å². The topological polar surface area (TPSA) is 308 Å². The molecule has 0 saturated carbocycles. The van der Waals surface area contributed by atoms with E-state index in [1.807, 2.05) is 0 Å². The van der Waals surface area contributed by atoms with Gasteiger partial charge in [0.25, 0.3) is 0 Å². The summed E-state index contributed by atoms with van der Waals surface area (Å²) in [6.45, 7) is 0.243. The van der Waals surface area contributed by atoms with Crippen molar-refractivity contribution in [3.63, 3.8) is 0 Å². The van der Waals surface area contributed by atoms with E-state index in [-0.39, 0.29) is 22.7 Å². The Morgan fingerprint density at radius 2 is 1.43 bits per heavy atom. The highest BCUT2D eigenvalue weighted by molar-refractivity contribution is 5.88. The van der Waals surface area contributed by atoms with Crippen molar-refractivity contribution in [2.75, 3.05) is 13.2 Å². The second kappa shape index (κ2) is 14.8. The van der Waals surface area contributed by atoms with Crippen LogP contribution in [0.4, 0.5) is 0 Å². The van der Waals surface area contributed by atoms with E-state index < -0.39 is 127 Å². The van der Waals surface area contributed by atoms with Gasteiger partial charge >= 0.3 is 0 Å². The number of aromatic hydroxyl groups is 3. The van der Waals surface area contributed by atoms with Gasteiger partial charge < -0.3 is 89.0 Å². The molecule has 14 atom stereocenters. The molecule has 51 heavy (non-hydrogen) atoms. The molecule has 0 amide bonds. The van der Waals surface area contributed by atoms with Crippen LogP contribution < -0.4 is 10.2 Å². The number of ether oxygens (including phenoxy) is 6. The summed E-state index contributed by atoms with van der Waals surface area (Å²) in [6, 6.07) is 7.15. The Balaban J connectivity index is 1.38. The average molecular weight is 727 g/mol. The quantitative estimate of drug-likeness (QED) is 0.111. The van der Waals surface area contributed by atoms with Gasteiger partial charge in [-0.2, -0.15) is 0 Å². The lowest BCUT2D eigenvalue weighted by Crippen LogP contribution is -2.64. The summed E-state index contributed by atoms with van der Waals surface area (Å²) >= 11 is 0. The molecule has 4 heterocycles. The molecule has 19 heteroatoms. The van der Waals surface area contributed by atoms with Crippen LogP contribution in [0.25, 0.3) is 22.3 Å². The van der Waals surface area contributed by atoms with E-state index >= 15 is 0 Å². The van der Waals surface area contributed by atoms with Gasteiger partial charge in [-0.15, -0.1) is 0 Å². The molecule has 280 valence electrons. The zero-order chi connectivity index (χ0) is 36.9. The van der Waals surface area contributed by atoms with Crippen LogP contribution in [0.5, 0.6) is 23.0 Å². The molecule has 3 fully saturated rings. The normalized spacial score (nSPS) is 37.4. The molecule has 0 unspecified atom stereocenters. The summed E-state index contributed by atoms with van der Waals surface area (Å²) in [6.07, 6.45) is -23.4. The minimum Gasteiger partial charge on any atom is -0.508 e. The summed E-state index contributed by atoms with van der Waals surface area (Å²) in [7, 11) is 0. The molecule has 1 aromatic heterocycles. The van der Waals surface area contributed by atoms with Crippen LogP contribution in [-0.2, 0) is 23.7 Å². The maximum Gasteiger partial charge on any atom is 0.239 e. The van der Waals surface area contributed by atoms with Crippen molar-refractivity contribution in [3.8, 4) is 34.3 Å². The highest BCUT2D eigenvalue weighted by atomic mass is 16.8. The minimum absolute atomic E-state index is 0.139. The second-order valence-electron chi connectivity index (χ2n) is 12.5. The Hall–Kier alpha value is -3.67. The predicted molar refractivity (Wildman–Crippen MR) is 165 cm³/mol. The second-order valence-corrected chi connectivity index (χ2v) is 12.5. The van der Waals surface area contributed by atoms with E-state index in [4.69, 9.17) is 32.8 Å². The molecule has 0 radical (unpaired) electrons. The van der Waals surface area contributed by atoms with Crippen molar-refractivity contribution in [1.29, 1.82) is 0 Å². The maximum atomic E-state index is 14.0. The number of phenols is 3. The first-order valence-corrected chi connectivity index (χ1v) is 15.8. The Morgan fingerprint density at radius 3 is 2.14 bits per heavy atom. The fourth-order valence-corrected chi connectivity index (χ4v) is 5.97. The van der Waals surface area contributed by atoms with Crippen LogP contribution in [0.1, 0.15) is 6.92 Å². The van der Waals surface area contributed by atoms with Gasteiger partial charge in [0.05, 0.1) is 19.3 Å². The molecule has 3 aliphatic heterocycles. The Labute approximate surface area is 287 Å². The average Bonchev–Trinajstić information content (AvgIpc) is 3.09. The van der Waals surface area contributed by atoms with E-state index in [0.717, 1.165) is 12.1 Å². The number of phenolic OH excluding ortho intramolecular Hbond substituents is 3. The van der Waals surface area contributed by atoms with E-state index in [0.29, 0.717) is 0 Å². The first-order valence-electron chi connectivity index (χ1n) is 15.8. The molecule has 0 spiro atoms. The molecule has 0 bridgehead atoms. The van der Waals surface area contributed by atoms with Gasteiger partial charge in [-0.1, -0.05) is 0 Å². The smallest absolute Gasteiger partial charge is 0.239 e. The molecular formula is C32H38O19. The largest absolute Gasteiger partial charge is 0.508 e. The third kappa shape index (κ3) is 7.22. The molecule has 11 N–H and O–H groups in total. The fraction of sp³-hybridized carbons (Fsp3) is 0.531. The van der Waals surface area contributed by atoms with E-state index in [2.05, 4.69) is 0 Å². The van der Waals surface area contributed by atoms with Gasteiger partial charge in [0.15, 0.2) is 24.4 Å². The molecule has 0 aliphatic carbocycles. The summed E-state index contributed by atoms with van der Waals surface area (Å²) in [5.74, 6) is -2.27. The number of rotatable bonds is 8. The molecule has 3 aliphatic rings. The van der Waals surface area contributed by atoms with Gasteiger partial charge in [-0.05, 0) is 31.2 Å². The van der Waals surface area contributed by atoms with Gasteiger partial charge in [0.2, 0.25) is 17.5 Å². The van der Waals surface area contributed by atoms with E-state index in [1.165, 1.54) is 31.2 Å². The molecule has 3 aromatic rings. The number of aliphatic hydroxyl groups excluding tert-OH is 8. The number of aliphatic hydroxyl groups is 8. The number of fused-ring (bicyclic) bond motifs is 1. The van der Waals surface area contributed by atoms with Gasteiger partial charge in [-0.25, -0.2) is 0 Å². The van der Waals surface area contributed by atoms with E-state index in [9.17, 15) is 61.0 Å². The number of hydrogen-bond acceptors (Lipinski definition) is 19. The number of hydrogen-bond donors (Lipinski definition) is 11. The number of benzene rings is 2. The third-order valence-corrected chi connectivity index (χ3v) is 8.90. The Bertz CT molecular complexity index is 1730. The SMILES string of the molecule is C[C@@H]1O[C@@H](OC[C@H]2O[C@@H](Oc3c(-c4ccc(O)cc4)oc4cc(O)cc(O)c4c3=O)[C@H](O[C@H]3OC[C@@H](O)[C@@H](O)[C@H]3O)[C@@H](O)[C@@H]2O)[C@@H](O)[C@@H](O)[C@H]1O. The lowest BCUT2D eigenvalue weighted by Gasteiger charge is -2.45. The van der Waals surface area contributed by atoms with Crippen molar-refractivity contribution >= 4 is 11.0 Å². The van der Waals surface area contributed by atoms with Crippen LogP contribution >= 0.6 is 0 Å². The van der Waals surface area contributed by atoms with Crippen LogP contribution in [0.3, 0.4) is 0 Å². The summed E-state index contributed by atoms with van der Waals surface area (Å²) in [4.78, 5) is 14.0. The summed E-state index contributed by atoms with van der Waals surface area (Å²) in [5, 5.41) is 114. The highest BCUT2D eigenvalue weighted by Gasteiger charge is 2.51. The molecule has 19 nitrogen and oxygen atoms in total. The first-order chi connectivity index (χ1) is 24.2. The van der Waals surface area contributed by atoms with Gasteiger partial charge in [0, 0.05) is 17.7 Å². The third-order valence-electron chi connectivity index (χ3n) is 8.90. The maximum absolute atomic E-state index is 14.0. The van der Waals surface area contributed by atoms with Crippen molar-refractivity contribution in [2.45, 2.75) is 92.9 Å². The summed E-state index contributed by atoms with van der Waals surface area (Å²) in [5.41, 5.74) is -1.15. The van der Waals surface area contributed by atoms with Crippen LogP contribution in [0.2, 0.25) is 0 Å². The highest BCUT2D eigenvalue weighted by Crippen LogP contribution is 2.38. The van der Waals surface area contributed by atoms with Gasteiger partial charge in [-0.3, -0.25) is 4.79 Å². The lowest BCUT2D eigenvalue weighted by molar-refractivity contribution is -0.352. The lowest BCUT2D eigenvalue weighted by atomic mass is 9.98. The molecule has 6 rings (SSSR count). The Kier molecular flexibility index (Phi) is 10.7. The zero-order valence-electron chi connectivity index (χ0n) is 26.6. The predicted octanol–water partition coefficient (Wildman–Crippen LogP) is -2.93. The Morgan fingerprint density at radius 1 is 0.745 bits per heavy atom. The van der Waals surface area contributed by atoms with Crippen molar-refractivity contribution in [1.82, 2.24) is 0 Å². The van der Waals surface area contributed by atoms with Crippen LogP contribution in [0, 0.1) is 0 Å². The molecular weight excluding hydrogens is 688 g/mol. The monoisotopic (exact) mass is 726 g/mol. The molecule has 2 aromatic carbocycles.